The van der Waals surface area contributed by atoms with Crippen molar-refractivity contribution >= 4 is 39.6 Å². The Balaban J connectivity index is 1.90. The van der Waals surface area contributed by atoms with Crippen LogP contribution < -0.4 is 15.5 Å². The summed E-state index contributed by atoms with van der Waals surface area (Å²) in [4.78, 5) is 23.8. The van der Waals surface area contributed by atoms with Crippen LogP contribution in [-0.2, 0) is 9.59 Å². The zero-order valence-corrected chi connectivity index (χ0v) is 17.0. The molecule has 0 aromatic heterocycles. The van der Waals surface area contributed by atoms with Crippen LogP contribution in [0.15, 0.2) is 52.0 Å². The van der Waals surface area contributed by atoms with Crippen molar-refractivity contribution in [1.29, 1.82) is 0 Å². The van der Waals surface area contributed by atoms with Crippen molar-refractivity contribution in [3.8, 4) is 5.75 Å². The lowest BCUT2D eigenvalue weighted by atomic mass is 10.2. The quantitative estimate of drug-likeness (QED) is 0.394. The molecule has 2 amide bonds. The first-order chi connectivity index (χ1) is 12.8. The van der Waals surface area contributed by atoms with Crippen molar-refractivity contribution < 1.29 is 14.3 Å². The van der Waals surface area contributed by atoms with Gasteiger partial charge in [-0.1, -0.05) is 33.6 Å². The van der Waals surface area contributed by atoms with E-state index in [0.29, 0.717) is 17.0 Å². The standard InChI is InChI=1S/C20H22BrN3O3/c1-13(2)27-18-9-6-16(21)10-15(18)12-22-24-20(26)11-19(25)23-17-7-4-14(3)5-8-17/h4-10,12-13H,11H2,1-3H3,(H,23,25)(H,24,26). The summed E-state index contributed by atoms with van der Waals surface area (Å²) in [5, 5.41) is 6.59. The van der Waals surface area contributed by atoms with Gasteiger partial charge in [0.25, 0.3) is 0 Å². The molecule has 0 aliphatic heterocycles. The van der Waals surface area contributed by atoms with Crippen molar-refractivity contribution in [2.24, 2.45) is 5.10 Å². The molecule has 0 saturated carbocycles. The first-order valence-electron chi connectivity index (χ1n) is 8.48. The third-order valence-corrected chi connectivity index (χ3v) is 3.88. The molecule has 0 bridgehead atoms. The van der Waals surface area contributed by atoms with E-state index in [2.05, 4.69) is 31.8 Å². The van der Waals surface area contributed by atoms with Crippen molar-refractivity contribution in [2.75, 3.05) is 5.32 Å². The number of nitrogens with one attached hydrogen (secondary N) is 2. The lowest BCUT2D eigenvalue weighted by molar-refractivity contribution is -0.126. The second kappa shape index (κ2) is 9.87. The van der Waals surface area contributed by atoms with Gasteiger partial charge in [0.1, 0.15) is 12.2 Å². The van der Waals surface area contributed by atoms with Gasteiger partial charge in [-0.25, -0.2) is 5.43 Å². The SMILES string of the molecule is Cc1ccc(NC(=O)CC(=O)NN=Cc2cc(Br)ccc2OC(C)C)cc1. The van der Waals surface area contributed by atoms with Gasteiger partial charge < -0.3 is 10.1 Å². The van der Waals surface area contributed by atoms with Gasteiger partial charge in [-0.3, -0.25) is 9.59 Å². The Hall–Kier alpha value is -2.67. The van der Waals surface area contributed by atoms with Crippen LogP contribution in [0.2, 0.25) is 0 Å². The normalized spacial score (nSPS) is 10.9. The molecular formula is C20H22BrN3O3. The first-order valence-corrected chi connectivity index (χ1v) is 9.27. The molecule has 27 heavy (non-hydrogen) atoms. The summed E-state index contributed by atoms with van der Waals surface area (Å²) in [6, 6.07) is 12.9. The van der Waals surface area contributed by atoms with Gasteiger partial charge in [0.05, 0.1) is 12.3 Å². The zero-order chi connectivity index (χ0) is 19.8. The molecule has 7 heteroatoms. The average molecular weight is 432 g/mol. The number of benzene rings is 2. The van der Waals surface area contributed by atoms with Crippen LogP contribution in [0.5, 0.6) is 5.75 Å². The third kappa shape index (κ3) is 7.22. The van der Waals surface area contributed by atoms with E-state index < -0.39 is 11.8 Å². The smallest absolute Gasteiger partial charge is 0.249 e. The van der Waals surface area contributed by atoms with Crippen LogP contribution in [0.3, 0.4) is 0 Å². The summed E-state index contributed by atoms with van der Waals surface area (Å²) in [7, 11) is 0. The number of carbonyl (C=O) groups excluding carboxylic acids is 2. The molecule has 0 aliphatic carbocycles. The van der Waals surface area contributed by atoms with Crippen molar-refractivity contribution in [1.82, 2.24) is 5.43 Å². The lowest BCUT2D eigenvalue weighted by Gasteiger charge is -2.12. The Labute approximate surface area is 167 Å². The maximum absolute atomic E-state index is 11.9. The minimum absolute atomic E-state index is 0.0124. The third-order valence-electron chi connectivity index (χ3n) is 3.38. The average Bonchev–Trinajstić information content (AvgIpc) is 2.59. The summed E-state index contributed by atoms with van der Waals surface area (Å²) in [5.74, 6) is -0.252. The molecule has 6 nitrogen and oxygen atoms in total. The molecule has 0 aliphatic rings. The number of amides is 2. The Bertz CT molecular complexity index is 833. The maximum atomic E-state index is 11.9. The highest BCUT2D eigenvalue weighted by atomic mass is 79.9. The van der Waals surface area contributed by atoms with Gasteiger partial charge in [0.2, 0.25) is 11.8 Å². The number of halogens is 1. The highest BCUT2D eigenvalue weighted by Gasteiger charge is 2.09. The van der Waals surface area contributed by atoms with Gasteiger partial charge in [0.15, 0.2) is 0 Å². The molecule has 0 fully saturated rings. The molecule has 2 N–H and O–H groups in total. The van der Waals surface area contributed by atoms with Gasteiger partial charge in [-0.2, -0.15) is 5.10 Å². The molecule has 2 aromatic carbocycles. The first kappa shape index (κ1) is 20.6. The summed E-state index contributed by atoms with van der Waals surface area (Å²) in [6.45, 7) is 5.81. The van der Waals surface area contributed by atoms with Crippen LogP contribution in [-0.4, -0.2) is 24.1 Å². The molecule has 142 valence electrons. The number of nitrogens with zero attached hydrogens (tertiary/aromatic N) is 1. The molecule has 0 heterocycles. The predicted molar refractivity (Wildman–Crippen MR) is 110 cm³/mol. The summed E-state index contributed by atoms with van der Waals surface area (Å²) in [6.07, 6.45) is 1.18. The number of hydrogen-bond acceptors (Lipinski definition) is 4. The van der Waals surface area contributed by atoms with Crippen LogP contribution in [0.1, 0.15) is 31.4 Å². The summed E-state index contributed by atoms with van der Waals surface area (Å²) in [5.41, 5.74) is 4.80. The van der Waals surface area contributed by atoms with E-state index in [4.69, 9.17) is 4.74 Å². The van der Waals surface area contributed by atoms with E-state index in [1.807, 2.05) is 51.1 Å². The molecular weight excluding hydrogens is 410 g/mol. The molecule has 0 radical (unpaired) electrons. The van der Waals surface area contributed by atoms with Gasteiger partial charge in [-0.05, 0) is 51.1 Å². The monoisotopic (exact) mass is 431 g/mol. The molecule has 0 saturated heterocycles. The highest BCUT2D eigenvalue weighted by molar-refractivity contribution is 9.10. The number of hydrogen-bond donors (Lipinski definition) is 2. The Kier molecular flexibility index (Phi) is 7.55. The fourth-order valence-electron chi connectivity index (χ4n) is 2.18. The Morgan fingerprint density at radius 1 is 1.15 bits per heavy atom. The summed E-state index contributed by atoms with van der Waals surface area (Å²) < 4.78 is 6.57. The van der Waals surface area contributed by atoms with E-state index in [-0.39, 0.29) is 12.5 Å². The number of ether oxygens (including phenoxy) is 1. The van der Waals surface area contributed by atoms with Crippen LogP contribution in [0.4, 0.5) is 5.69 Å². The molecule has 0 spiro atoms. The van der Waals surface area contributed by atoms with Crippen LogP contribution in [0.25, 0.3) is 0 Å². The van der Waals surface area contributed by atoms with Crippen molar-refractivity contribution in [3.05, 3.63) is 58.1 Å². The molecule has 0 unspecified atom stereocenters. The van der Waals surface area contributed by atoms with Crippen molar-refractivity contribution in [3.63, 3.8) is 0 Å². The second-order valence-electron chi connectivity index (χ2n) is 6.23. The number of anilines is 1. The van der Waals surface area contributed by atoms with Crippen LogP contribution in [0, 0.1) is 6.92 Å². The molecule has 2 rings (SSSR count). The van der Waals surface area contributed by atoms with Gasteiger partial charge in [-0.15, -0.1) is 0 Å². The number of hydrazone groups is 1. The van der Waals surface area contributed by atoms with Crippen LogP contribution >= 0.6 is 15.9 Å². The minimum atomic E-state index is -0.503. The number of carbonyl (C=O) groups is 2. The highest BCUT2D eigenvalue weighted by Crippen LogP contribution is 2.22. The van der Waals surface area contributed by atoms with E-state index in [0.717, 1.165) is 10.0 Å². The second-order valence-corrected chi connectivity index (χ2v) is 7.15. The van der Waals surface area contributed by atoms with Gasteiger partial charge >= 0.3 is 0 Å². The molecule has 2 aromatic rings. The van der Waals surface area contributed by atoms with E-state index in [9.17, 15) is 9.59 Å². The lowest BCUT2D eigenvalue weighted by Crippen LogP contribution is -2.24. The maximum Gasteiger partial charge on any atom is 0.249 e. The molecule has 0 atom stereocenters. The van der Waals surface area contributed by atoms with E-state index in [1.165, 1.54) is 6.21 Å². The largest absolute Gasteiger partial charge is 0.490 e. The zero-order valence-electron chi connectivity index (χ0n) is 15.5. The fraction of sp³-hybridized carbons (Fsp3) is 0.250. The van der Waals surface area contributed by atoms with Crippen molar-refractivity contribution in [2.45, 2.75) is 33.3 Å². The summed E-state index contributed by atoms with van der Waals surface area (Å²) >= 11 is 3.39. The predicted octanol–water partition coefficient (Wildman–Crippen LogP) is 4.02. The van der Waals surface area contributed by atoms with Gasteiger partial charge in [0, 0.05) is 15.7 Å². The fourth-order valence-corrected chi connectivity index (χ4v) is 2.56. The Morgan fingerprint density at radius 3 is 2.52 bits per heavy atom. The minimum Gasteiger partial charge on any atom is -0.490 e. The topological polar surface area (TPSA) is 79.8 Å². The Morgan fingerprint density at radius 2 is 1.85 bits per heavy atom. The number of aryl methyl sites for hydroxylation is 1. The van der Waals surface area contributed by atoms with E-state index >= 15 is 0 Å². The van der Waals surface area contributed by atoms with E-state index in [1.54, 1.807) is 12.1 Å². The number of rotatable bonds is 7.